The van der Waals surface area contributed by atoms with Crippen molar-refractivity contribution in [2.24, 2.45) is 16.5 Å². The number of benzene rings is 2. The molecule has 0 aliphatic heterocycles. The highest BCUT2D eigenvalue weighted by Gasteiger charge is 2.13. The maximum Gasteiger partial charge on any atom is 0.223 e. The summed E-state index contributed by atoms with van der Waals surface area (Å²) in [6.45, 7) is 3.85. The van der Waals surface area contributed by atoms with Gasteiger partial charge in [-0.2, -0.15) is 4.33 Å². The molecule has 10 heteroatoms. The fourth-order valence-corrected chi connectivity index (χ4v) is 4.59. The van der Waals surface area contributed by atoms with Crippen molar-refractivity contribution < 1.29 is 14.0 Å². The highest BCUT2D eigenvalue weighted by atomic mass is 32.2. The van der Waals surface area contributed by atoms with Crippen molar-refractivity contribution in [1.82, 2.24) is 4.98 Å². The number of nitrogens with one attached hydrogen (secondary N) is 1. The number of nitrogens with zero attached hydrogens (tertiary/aromatic N) is 2. The van der Waals surface area contributed by atoms with E-state index in [1.54, 1.807) is 0 Å². The van der Waals surface area contributed by atoms with E-state index in [1.807, 2.05) is 43.3 Å². The van der Waals surface area contributed by atoms with Gasteiger partial charge in [0, 0.05) is 23.1 Å². The number of carbonyl (C=O) groups is 1. The fraction of sp³-hybridized carbons (Fsp3) is 0.261. The molecule has 1 aromatic heterocycles. The van der Waals surface area contributed by atoms with E-state index in [0.29, 0.717) is 17.4 Å². The summed E-state index contributed by atoms with van der Waals surface area (Å²) in [6, 6.07) is 15.9. The van der Waals surface area contributed by atoms with E-state index < -0.39 is 0 Å². The van der Waals surface area contributed by atoms with Crippen LogP contribution in [0.3, 0.4) is 0 Å². The largest absolute Gasteiger partial charge is 0.370 e. The second-order valence-corrected chi connectivity index (χ2v) is 9.01. The minimum atomic E-state index is -0.132. The van der Waals surface area contributed by atoms with Gasteiger partial charge in [-0.25, -0.2) is 14.9 Å². The summed E-state index contributed by atoms with van der Waals surface area (Å²) in [4.78, 5) is 27.2. The molecule has 0 spiro atoms. The lowest BCUT2D eigenvalue weighted by molar-refractivity contribution is -0.185. The van der Waals surface area contributed by atoms with Crippen molar-refractivity contribution in [3.63, 3.8) is 0 Å². The number of amides is 1. The number of aromatic nitrogens is 1. The van der Waals surface area contributed by atoms with E-state index in [1.165, 1.54) is 30.3 Å². The maximum atomic E-state index is 11.5. The number of hydrogen-bond donors (Lipinski definition) is 3. The van der Waals surface area contributed by atoms with E-state index in [2.05, 4.69) is 27.4 Å². The summed E-state index contributed by atoms with van der Waals surface area (Å²) in [5, 5.41) is 3.43. The lowest BCUT2D eigenvalue weighted by atomic mass is 10.0. The van der Waals surface area contributed by atoms with Crippen LogP contribution in [0, 0.1) is 0 Å². The number of anilines is 1. The van der Waals surface area contributed by atoms with Gasteiger partial charge in [0.15, 0.2) is 11.1 Å². The molecule has 0 unspecified atom stereocenters. The summed E-state index contributed by atoms with van der Waals surface area (Å²) in [5.41, 5.74) is 14.9. The third kappa shape index (κ3) is 8.17. The molecule has 0 atom stereocenters. The van der Waals surface area contributed by atoms with Crippen molar-refractivity contribution in [1.29, 1.82) is 0 Å². The molecule has 0 aliphatic carbocycles. The van der Waals surface area contributed by atoms with Gasteiger partial charge in [-0.05, 0) is 55.2 Å². The first kappa shape index (κ1) is 24.7. The topological polar surface area (TPSA) is 125 Å². The summed E-state index contributed by atoms with van der Waals surface area (Å²) >= 11 is 2.69. The average Bonchev–Trinajstić information content (AvgIpc) is 3.14. The minimum Gasteiger partial charge on any atom is -0.370 e. The molecule has 0 aliphatic rings. The lowest BCUT2D eigenvalue weighted by Crippen LogP contribution is -2.21. The normalized spacial score (nSPS) is 10.7. The minimum absolute atomic E-state index is 0.0359. The Morgan fingerprint density at radius 2 is 1.79 bits per heavy atom. The quantitative estimate of drug-likeness (QED) is 0.0920. The molecule has 8 nitrogen and oxygen atoms in total. The summed E-state index contributed by atoms with van der Waals surface area (Å²) in [6.07, 6.45) is 2.29. The first-order chi connectivity index (χ1) is 15.9. The molecule has 0 saturated heterocycles. The predicted octanol–water partition coefficient (Wildman–Crippen LogP) is 4.36. The van der Waals surface area contributed by atoms with Crippen LogP contribution in [0.2, 0.25) is 0 Å². The molecule has 1 heterocycles. The molecule has 0 radical (unpaired) electrons. The van der Waals surface area contributed by atoms with Crippen LogP contribution in [0.4, 0.5) is 10.8 Å². The zero-order chi connectivity index (χ0) is 23.6. The smallest absolute Gasteiger partial charge is 0.223 e. The molecule has 0 saturated carbocycles. The molecular weight excluding hydrogens is 458 g/mol. The Kier molecular flexibility index (Phi) is 9.25. The van der Waals surface area contributed by atoms with E-state index in [4.69, 9.17) is 20.7 Å². The van der Waals surface area contributed by atoms with Crippen LogP contribution in [0.25, 0.3) is 0 Å². The van der Waals surface area contributed by atoms with Crippen LogP contribution in [0.5, 0.6) is 0 Å². The van der Waals surface area contributed by atoms with E-state index >= 15 is 0 Å². The molecule has 5 N–H and O–H groups in total. The standard InChI is InChI=1S/C23H27N5O3S2/c1-3-30-31-33-19-11-6-17(7-12-19)14-21-20(28-23(32-21)26-15(2)29)13-8-16-4-9-18(10-5-16)27-22(24)25/h4-7,9-12H,3,8,13-14H2,1-2H3,(H4,24,25,27)(H,26,28,29). The number of rotatable bonds is 11. The maximum absolute atomic E-state index is 11.5. The number of thiazole rings is 1. The average molecular weight is 486 g/mol. The molecule has 3 rings (SSSR count). The Bertz CT molecular complexity index is 1080. The van der Waals surface area contributed by atoms with E-state index in [-0.39, 0.29) is 11.9 Å². The van der Waals surface area contributed by atoms with Crippen molar-refractivity contribution in [2.45, 2.75) is 38.0 Å². The van der Waals surface area contributed by atoms with Gasteiger partial charge in [0.05, 0.1) is 30.0 Å². The summed E-state index contributed by atoms with van der Waals surface area (Å²) < 4.78 is 5.04. The van der Waals surface area contributed by atoms with Crippen LogP contribution in [0.15, 0.2) is 58.4 Å². The fourth-order valence-electron chi connectivity index (χ4n) is 3.03. The second-order valence-electron chi connectivity index (χ2n) is 7.15. The zero-order valence-corrected chi connectivity index (χ0v) is 20.2. The SMILES string of the molecule is CCOOSc1ccc(Cc2sc(NC(C)=O)nc2CCc2ccc(N=C(N)N)cc2)cc1. The van der Waals surface area contributed by atoms with Gasteiger partial charge in [-0.3, -0.25) is 4.79 Å². The van der Waals surface area contributed by atoms with Crippen molar-refractivity contribution in [3.8, 4) is 0 Å². The Hall–Kier alpha value is -2.92. The summed E-state index contributed by atoms with van der Waals surface area (Å²) in [7, 11) is 0. The lowest BCUT2D eigenvalue weighted by Gasteiger charge is -2.05. The van der Waals surface area contributed by atoms with Crippen molar-refractivity contribution in [3.05, 3.63) is 70.2 Å². The summed E-state index contributed by atoms with van der Waals surface area (Å²) in [5.74, 6) is -0.0957. The van der Waals surface area contributed by atoms with Crippen molar-refractivity contribution in [2.75, 3.05) is 11.9 Å². The van der Waals surface area contributed by atoms with Gasteiger partial charge in [-0.15, -0.1) is 11.3 Å². The first-order valence-electron chi connectivity index (χ1n) is 10.4. The van der Waals surface area contributed by atoms with Gasteiger partial charge >= 0.3 is 0 Å². The van der Waals surface area contributed by atoms with Gasteiger partial charge in [0.1, 0.15) is 0 Å². The Morgan fingerprint density at radius 1 is 1.09 bits per heavy atom. The third-order valence-electron chi connectivity index (χ3n) is 4.49. The van der Waals surface area contributed by atoms with Gasteiger partial charge < -0.3 is 16.8 Å². The number of guanidine groups is 1. The number of aryl methyl sites for hydroxylation is 2. The number of aliphatic imine (C=N–C) groups is 1. The highest BCUT2D eigenvalue weighted by Crippen LogP contribution is 2.28. The Balaban J connectivity index is 1.70. The second kappa shape index (κ2) is 12.4. The molecule has 3 aromatic rings. The van der Waals surface area contributed by atoms with Crippen LogP contribution in [-0.2, 0) is 33.3 Å². The van der Waals surface area contributed by atoms with Gasteiger partial charge in [-0.1, -0.05) is 24.3 Å². The zero-order valence-electron chi connectivity index (χ0n) is 18.5. The molecule has 0 fully saturated rings. The van der Waals surface area contributed by atoms with Crippen LogP contribution < -0.4 is 16.8 Å². The molecular formula is C23H27N5O3S2. The number of nitrogens with two attached hydrogens (primary N) is 2. The monoisotopic (exact) mass is 485 g/mol. The predicted molar refractivity (Wildman–Crippen MR) is 134 cm³/mol. The van der Waals surface area contributed by atoms with Crippen LogP contribution >= 0.6 is 23.4 Å². The van der Waals surface area contributed by atoms with E-state index in [0.717, 1.165) is 45.9 Å². The third-order valence-corrected chi connectivity index (χ3v) is 6.13. The number of hydrogen-bond acceptors (Lipinski definition) is 7. The molecule has 33 heavy (non-hydrogen) atoms. The Morgan fingerprint density at radius 3 is 2.42 bits per heavy atom. The molecule has 2 aromatic carbocycles. The van der Waals surface area contributed by atoms with Gasteiger partial charge in [0.2, 0.25) is 5.91 Å². The first-order valence-corrected chi connectivity index (χ1v) is 12.0. The van der Waals surface area contributed by atoms with E-state index in [9.17, 15) is 4.79 Å². The van der Waals surface area contributed by atoms with Crippen LogP contribution in [0.1, 0.15) is 35.5 Å². The van der Waals surface area contributed by atoms with Crippen molar-refractivity contribution >= 4 is 46.1 Å². The highest BCUT2D eigenvalue weighted by molar-refractivity contribution is 7.94. The Labute approximate surface area is 201 Å². The molecule has 174 valence electrons. The number of carbonyl (C=O) groups excluding carboxylic acids is 1. The van der Waals surface area contributed by atoms with Gasteiger partial charge in [0.25, 0.3) is 0 Å². The molecule has 1 amide bonds. The molecule has 0 bridgehead atoms. The van der Waals surface area contributed by atoms with Crippen LogP contribution in [-0.4, -0.2) is 23.5 Å².